The Morgan fingerprint density at radius 1 is 1.19 bits per heavy atom. The molecule has 2 heterocycles. The molecule has 0 bridgehead atoms. The SMILES string of the molecule is C[C@H](c1ccncc1)N1CCNCC1.Cl.Cl. The summed E-state index contributed by atoms with van der Waals surface area (Å²) in [5, 5.41) is 3.37. The third-order valence-electron chi connectivity index (χ3n) is 2.89. The van der Waals surface area contributed by atoms with Gasteiger partial charge >= 0.3 is 0 Å². The minimum atomic E-state index is 0. The van der Waals surface area contributed by atoms with Crippen molar-refractivity contribution in [2.24, 2.45) is 0 Å². The Bertz CT molecular complexity index is 276. The van der Waals surface area contributed by atoms with E-state index in [2.05, 4.69) is 34.3 Å². The Balaban J connectivity index is 0.00000112. The highest BCUT2D eigenvalue weighted by Gasteiger charge is 2.17. The van der Waals surface area contributed by atoms with E-state index in [1.165, 1.54) is 5.56 Å². The summed E-state index contributed by atoms with van der Waals surface area (Å²) in [6.07, 6.45) is 3.74. The maximum Gasteiger partial charge on any atom is 0.0322 e. The zero-order valence-electron chi connectivity index (χ0n) is 9.43. The van der Waals surface area contributed by atoms with Gasteiger partial charge in [-0.05, 0) is 24.6 Å². The van der Waals surface area contributed by atoms with Crippen molar-refractivity contribution in [3.05, 3.63) is 30.1 Å². The summed E-state index contributed by atoms with van der Waals surface area (Å²) in [6.45, 7) is 6.76. The van der Waals surface area contributed by atoms with Gasteiger partial charge in [0.15, 0.2) is 0 Å². The Labute approximate surface area is 109 Å². The molecule has 0 amide bonds. The van der Waals surface area contributed by atoms with Crippen LogP contribution in [0.4, 0.5) is 0 Å². The molecule has 0 saturated carbocycles. The standard InChI is InChI=1S/C11H17N3.2ClH/c1-10(11-2-4-12-5-3-11)14-8-6-13-7-9-14;;/h2-5,10,13H,6-9H2,1H3;2*1H/t10-;;/m1../s1. The van der Waals surface area contributed by atoms with E-state index < -0.39 is 0 Å². The van der Waals surface area contributed by atoms with E-state index >= 15 is 0 Å². The van der Waals surface area contributed by atoms with Crippen LogP contribution in [0.1, 0.15) is 18.5 Å². The normalized spacial score (nSPS) is 18.1. The largest absolute Gasteiger partial charge is 0.314 e. The third kappa shape index (κ3) is 3.91. The summed E-state index contributed by atoms with van der Waals surface area (Å²) in [4.78, 5) is 6.55. The monoisotopic (exact) mass is 263 g/mol. The van der Waals surface area contributed by atoms with E-state index in [4.69, 9.17) is 0 Å². The van der Waals surface area contributed by atoms with E-state index in [0.717, 1.165) is 26.2 Å². The summed E-state index contributed by atoms with van der Waals surface area (Å²) >= 11 is 0. The second-order valence-corrected chi connectivity index (χ2v) is 3.74. The summed E-state index contributed by atoms with van der Waals surface area (Å²) < 4.78 is 0. The molecule has 16 heavy (non-hydrogen) atoms. The first kappa shape index (κ1) is 15.7. The van der Waals surface area contributed by atoms with Gasteiger partial charge in [0.1, 0.15) is 0 Å². The fraction of sp³-hybridized carbons (Fsp3) is 0.545. The molecule has 1 fully saturated rings. The number of aromatic nitrogens is 1. The highest BCUT2D eigenvalue weighted by Crippen LogP contribution is 2.18. The first-order chi connectivity index (χ1) is 6.88. The molecule has 1 aromatic heterocycles. The molecule has 3 nitrogen and oxygen atoms in total. The fourth-order valence-corrected chi connectivity index (χ4v) is 1.92. The molecule has 0 spiro atoms. The lowest BCUT2D eigenvalue weighted by atomic mass is 10.1. The van der Waals surface area contributed by atoms with E-state index in [-0.39, 0.29) is 24.8 Å². The molecule has 5 heteroatoms. The number of nitrogens with one attached hydrogen (secondary N) is 1. The molecular formula is C11H19Cl2N3. The minimum absolute atomic E-state index is 0. The number of hydrogen-bond acceptors (Lipinski definition) is 3. The second-order valence-electron chi connectivity index (χ2n) is 3.74. The van der Waals surface area contributed by atoms with Gasteiger partial charge in [0.25, 0.3) is 0 Å². The van der Waals surface area contributed by atoms with Crippen LogP contribution in [-0.2, 0) is 0 Å². The van der Waals surface area contributed by atoms with Crippen LogP contribution in [0.2, 0.25) is 0 Å². The average Bonchev–Trinajstić information content (AvgIpc) is 2.30. The number of hydrogen-bond donors (Lipinski definition) is 1. The predicted molar refractivity (Wildman–Crippen MR) is 71.6 cm³/mol. The van der Waals surface area contributed by atoms with Gasteiger partial charge in [-0.2, -0.15) is 0 Å². The summed E-state index contributed by atoms with van der Waals surface area (Å²) in [7, 11) is 0. The van der Waals surface area contributed by atoms with Crippen LogP contribution in [-0.4, -0.2) is 36.1 Å². The lowest BCUT2D eigenvalue weighted by Crippen LogP contribution is -2.44. The summed E-state index contributed by atoms with van der Waals surface area (Å²) in [5.74, 6) is 0. The zero-order valence-corrected chi connectivity index (χ0v) is 11.1. The molecule has 1 aliphatic heterocycles. The molecule has 1 aliphatic rings. The van der Waals surface area contributed by atoms with E-state index in [1.54, 1.807) is 0 Å². The number of nitrogens with zero attached hydrogens (tertiary/aromatic N) is 2. The molecule has 0 radical (unpaired) electrons. The number of rotatable bonds is 2. The Kier molecular flexibility index (Phi) is 7.68. The van der Waals surface area contributed by atoms with Crippen LogP contribution in [0, 0.1) is 0 Å². The maximum atomic E-state index is 4.04. The molecule has 92 valence electrons. The van der Waals surface area contributed by atoms with Crippen LogP contribution in [0.3, 0.4) is 0 Å². The molecule has 1 aromatic rings. The molecule has 0 unspecified atom stereocenters. The van der Waals surface area contributed by atoms with Gasteiger partial charge < -0.3 is 5.32 Å². The van der Waals surface area contributed by atoms with Gasteiger partial charge in [0.05, 0.1) is 0 Å². The summed E-state index contributed by atoms with van der Waals surface area (Å²) in [5.41, 5.74) is 1.36. The van der Waals surface area contributed by atoms with Crippen LogP contribution in [0.25, 0.3) is 0 Å². The molecule has 1 saturated heterocycles. The number of halogens is 2. The zero-order chi connectivity index (χ0) is 9.80. The molecular weight excluding hydrogens is 245 g/mol. The van der Waals surface area contributed by atoms with E-state index in [1.807, 2.05) is 12.4 Å². The molecule has 1 N–H and O–H groups in total. The topological polar surface area (TPSA) is 28.2 Å². The van der Waals surface area contributed by atoms with Crippen molar-refractivity contribution in [3.63, 3.8) is 0 Å². The molecule has 0 aromatic carbocycles. The second kappa shape index (κ2) is 7.85. The van der Waals surface area contributed by atoms with Crippen molar-refractivity contribution < 1.29 is 0 Å². The molecule has 2 rings (SSSR count). The van der Waals surface area contributed by atoms with Crippen molar-refractivity contribution in [2.45, 2.75) is 13.0 Å². The first-order valence-corrected chi connectivity index (χ1v) is 5.22. The third-order valence-corrected chi connectivity index (χ3v) is 2.89. The maximum absolute atomic E-state index is 4.04. The van der Waals surface area contributed by atoms with Gasteiger partial charge in [-0.3, -0.25) is 9.88 Å². The Morgan fingerprint density at radius 2 is 1.75 bits per heavy atom. The summed E-state index contributed by atoms with van der Waals surface area (Å²) in [6, 6.07) is 4.72. The number of piperazine rings is 1. The smallest absolute Gasteiger partial charge is 0.0322 e. The van der Waals surface area contributed by atoms with Gasteiger partial charge in [0, 0.05) is 44.6 Å². The highest BCUT2D eigenvalue weighted by atomic mass is 35.5. The fourth-order valence-electron chi connectivity index (χ4n) is 1.92. The van der Waals surface area contributed by atoms with Crippen molar-refractivity contribution >= 4 is 24.8 Å². The Hall–Kier alpha value is -0.350. The lowest BCUT2D eigenvalue weighted by Gasteiger charge is -2.32. The van der Waals surface area contributed by atoms with Gasteiger partial charge in [-0.25, -0.2) is 0 Å². The Morgan fingerprint density at radius 3 is 2.31 bits per heavy atom. The highest BCUT2D eigenvalue weighted by molar-refractivity contribution is 5.85. The molecule has 0 aliphatic carbocycles. The van der Waals surface area contributed by atoms with Crippen molar-refractivity contribution in [1.29, 1.82) is 0 Å². The quantitative estimate of drug-likeness (QED) is 0.884. The van der Waals surface area contributed by atoms with Crippen molar-refractivity contribution in [2.75, 3.05) is 26.2 Å². The minimum Gasteiger partial charge on any atom is -0.314 e. The average molecular weight is 264 g/mol. The van der Waals surface area contributed by atoms with Crippen LogP contribution < -0.4 is 5.32 Å². The first-order valence-electron chi connectivity index (χ1n) is 5.22. The predicted octanol–water partition coefficient (Wildman–Crippen LogP) is 1.89. The van der Waals surface area contributed by atoms with E-state index in [0.29, 0.717) is 6.04 Å². The van der Waals surface area contributed by atoms with Crippen molar-refractivity contribution in [1.82, 2.24) is 15.2 Å². The van der Waals surface area contributed by atoms with Gasteiger partial charge in [-0.1, -0.05) is 0 Å². The van der Waals surface area contributed by atoms with Gasteiger partial charge in [0.2, 0.25) is 0 Å². The van der Waals surface area contributed by atoms with Crippen LogP contribution >= 0.6 is 24.8 Å². The number of pyridine rings is 1. The lowest BCUT2D eigenvalue weighted by molar-refractivity contribution is 0.185. The van der Waals surface area contributed by atoms with E-state index in [9.17, 15) is 0 Å². The van der Waals surface area contributed by atoms with Crippen LogP contribution in [0.15, 0.2) is 24.5 Å². The van der Waals surface area contributed by atoms with Gasteiger partial charge in [-0.15, -0.1) is 24.8 Å². The van der Waals surface area contributed by atoms with Crippen LogP contribution in [0.5, 0.6) is 0 Å². The van der Waals surface area contributed by atoms with Crippen molar-refractivity contribution in [3.8, 4) is 0 Å². The molecule has 1 atom stereocenters.